The maximum absolute atomic E-state index is 12.8. The first-order valence-corrected chi connectivity index (χ1v) is 9.59. The van der Waals surface area contributed by atoms with E-state index in [2.05, 4.69) is 0 Å². The number of carboxylic acids is 1. The van der Waals surface area contributed by atoms with Gasteiger partial charge in [-0.3, -0.25) is 9.69 Å². The molecule has 28 heavy (non-hydrogen) atoms. The molecule has 0 spiro atoms. The summed E-state index contributed by atoms with van der Waals surface area (Å²) in [4.78, 5) is 25.7. The monoisotopic (exact) mass is 415 g/mol. The highest BCUT2D eigenvalue weighted by Crippen LogP contribution is 2.37. The minimum absolute atomic E-state index is 0.145. The molecule has 0 saturated carbocycles. The highest BCUT2D eigenvalue weighted by Gasteiger charge is 2.33. The van der Waals surface area contributed by atoms with E-state index in [0.29, 0.717) is 33.0 Å². The zero-order valence-corrected chi connectivity index (χ0v) is 16.8. The Morgan fingerprint density at radius 2 is 1.93 bits per heavy atom. The SMILES string of the molecule is CCOc1ccc(/C=C2/SC(=S)N(c3ccc(C(=O)O)cc3)C2=O)cc1OC. The van der Waals surface area contributed by atoms with Crippen LogP contribution >= 0.6 is 24.0 Å². The summed E-state index contributed by atoms with van der Waals surface area (Å²) < 4.78 is 11.2. The fourth-order valence-corrected chi connectivity index (χ4v) is 3.94. The summed E-state index contributed by atoms with van der Waals surface area (Å²) in [6.45, 7) is 2.41. The summed E-state index contributed by atoms with van der Waals surface area (Å²) in [6.07, 6.45) is 1.74. The Kier molecular flexibility index (Phi) is 6.01. The van der Waals surface area contributed by atoms with E-state index in [0.717, 1.165) is 5.56 Å². The van der Waals surface area contributed by atoms with Crippen LogP contribution < -0.4 is 14.4 Å². The van der Waals surface area contributed by atoms with Crippen LogP contribution in [0, 0.1) is 0 Å². The van der Waals surface area contributed by atoms with E-state index >= 15 is 0 Å². The summed E-state index contributed by atoms with van der Waals surface area (Å²) >= 11 is 6.54. The number of nitrogens with zero attached hydrogens (tertiary/aromatic N) is 1. The molecule has 0 radical (unpaired) electrons. The lowest BCUT2D eigenvalue weighted by atomic mass is 10.1. The van der Waals surface area contributed by atoms with Gasteiger partial charge < -0.3 is 14.6 Å². The molecule has 2 aromatic carbocycles. The third-order valence-electron chi connectivity index (χ3n) is 3.95. The van der Waals surface area contributed by atoms with Crippen LogP contribution in [0.2, 0.25) is 0 Å². The van der Waals surface area contributed by atoms with Gasteiger partial charge in [0.05, 0.1) is 29.9 Å². The second-order valence-corrected chi connectivity index (χ2v) is 7.39. The zero-order chi connectivity index (χ0) is 20.3. The molecule has 1 fully saturated rings. The topological polar surface area (TPSA) is 76.1 Å². The van der Waals surface area contributed by atoms with Crippen molar-refractivity contribution < 1.29 is 24.2 Å². The number of carbonyl (C=O) groups excluding carboxylic acids is 1. The van der Waals surface area contributed by atoms with Crippen molar-refractivity contribution in [2.24, 2.45) is 0 Å². The van der Waals surface area contributed by atoms with Gasteiger partial charge in [-0.1, -0.05) is 30.0 Å². The molecule has 1 N–H and O–H groups in total. The molecule has 3 rings (SSSR count). The lowest BCUT2D eigenvalue weighted by Crippen LogP contribution is -2.27. The first-order valence-electron chi connectivity index (χ1n) is 8.36. The number of anilines is 1. The van der Waals surface area contributed by atoms with E-state index in [1.54, 1.807) is 37.5 Å². The molecule has 6 nitrogen and oxygen atoms in total. The first-order chi connectivity index (χ1) is 13.4. The van der Waals surface area contributed by atoms with Crippen LogP contribution in [-0.4, -0.2) is 35.0 Å². The Labute approximate surface area is 171 Å². The number of benzene rings is 2. The van der Waals surface area contributed by atoms with E-state index in [1.165, 1.54) is 28.8 Å². The summed E-state index contributed by atoms with van der Waals surface area (Å²) in [7, 11) is 1.56. The van der Waals surface area contributed by atoms with Gasteiger partial charge in [0.25, 0.3) is 5.91 Å². The highest BCUT2D eigenvalue weighted by atomic mass is 32.2. The van der Waals surface area contributed by atoms with Crippen LogP contribution in [0.3, 0.4) is 0 Å². The van der Waals surface area contributed by atoms with Gasteiger partial charge in [-0.25, -0.2) is 4.79 Å². The van der Waals surface area contributed by atoms with Gasteiger partial charge in [0.1, 0.15) is 0 Å². The molecule has 0 unspecified atom stereocenters. The minimum Gasteiger partial charge on any atom is -0.493 e. The maximum atomic E-state index is 12.8. The number of thioether (sulfide) groups is 1. The van der Waals surface area contributed by atoms with Crippen molar-refractivity contribution >= 4 is 51.9 Å². The summed E-state index contributed by atoms with van der Waals surface area (Å²) in [5.41, 5.74) is 1.45. The average Bonchev–Trinajstić information content (AvgIpc) is 2.96. The lowest BCUT2D eigenvalue weighted by Gasteiger charge is -2.14. The van der Waals surface area contributed by atoms with Crippen molar-refractivity contribution in [1.82, 2.24) is 0 Å². The molecule has 1 aliphatic rings. The second kappa shape index (κ2) is 8.45. The fraction of sp³-hybridized carbons (Fsp3) is 0.150. The van der Waals surface area contributed by atoms with Crippen LogP contribution in [-0.2, 0) is 4.79 Å². The summed E-state index contributed by atoms with van der Waals surface area (Å²) in [5.74, 6) is -0.0734. The number of rotatable bonds is 6. The molecule has 1 aliphatic heterocycles. The fourth-order valence-electron chi connectivity index (χ4n) is 2.64. The van der Waals surface area contributed by atoms with Crippen molar-refractivity contribution in [2.45, 2.75) is 6.92 Å². The van der Waals surface area contributed by atoms with E-state index < -0.39 is 5.97 Å². The molecule has 0 aromatic heterocycles. The number of carboxylic acid groups (broad SMARTS) is 1. The third-order valence-corrected chi connectivity index (χ3v) is 5.25. The van der Waals surface area contributed by atoms with Crippen LogP contribution in [0.15, 0.2) is 47.4 Å². The number of ether oxygens (including phenoxy) is 2. The van der Waals surface area contributed by atoms with Crippen LogP contribution in [0.4, 0.5) is 5.69 Å². The van der Waals surface area contributed by atoms with Crippen molar-refractivity contribution in [2.75, 3.05) is 18.6 Å². The van der Waals surface area contributed by atoms with Gasteiger partial charge in [0, 0.05) is 0 Å². The molecule has 0 atom stereocenters. The zero-order valence-electron chi connectivity index (χ0n) is 15.2. The Hall–Kier alpha value is -2.84. The van der Waals surface area contributed by atoms with E-state index in [1.807, 2.05) is 13.0 Å². The normalized spacial score (nSPS) is 15.2. The van der Waals surface area contributed by atoms with Crippen LogP contribution in [0.1, 0.15) is 22.8 Å². The molecule has 0 bridgehead atoms. The number of amides is 1. The summed E-state index contributed by atoms with van der Waals surface area (Å²) in [5, 5.41) is 9.01. The van der Waals surface area contributed by atoms with Crippen molar-refractivity contribution in [3.8, 4) is 11.5 Å². The minimum atomic E-state index is -1.03. The molecular weight excluding hydrogens is 398 g/mol. The quantitative estimate of drug-likeness (QED) is 0.560. The van der Waals surface area contributed by atoms with Gasteiger partial charge >= 0.3 is 5.97 Å². The molecule has 0 aliphatic carbocycles. The standard InChI is InChI=1S/C20H17NO5S2/c1-3-26-15-9-4-12(10-16(15)25-2)11-17-18(22)21(20(27)28-17)14-7-5-13(6-8-14)19(23)24/h4-11H,3H2,1-2H3,(H,23,24)/b17-11+. The Morgan fingerprint density at radius 1 is 1.21 bits per heavy atom. The van der Waals surface area contributed by atoms with E-state index in [9.17, 15) is 9.59 Å². The highest BCUT2D eigenvalue weighted by molar-refractivity contribution is 8.27. The van der Waals surface area contributed by atoms with Gasteiger partial charge in [-0.05, 0) is 55.0 Å². The Bertz CT molecular complexity index is 969. The number of hydrogen-bond donors (Lipinski definition) is 1. The van der Waals surface area contributed by atoms with Gasteiger partial charge in [-0.15, -0.1) is 0 Å². The van der Waals surface area contributed by atoms with E-state index in [-0.39, 0.29) is 11.5 Å². The number of carbonyl (C=O) groups is 2. The second-order valence-electron chi connectivity index (χ2n) is 5.71. The Balaban J connectivity index is 1.87. The predicted molar refractivity (Wildman–Crippen MR) is 113 cm³/mol. The maximum Gasteiger partial charge on any atom is 0.335 e. The van der Waals surface area contributed by atoms with Crippen molar-refractivity contribution in [1.29, 1.82) is 0 Å². The molecule has 1 heterocycles. The van der Waals surface area contributed by atoms with E-state index in [4.69, 9.17) is 26.8 Å². The largest absolute Gasteiger partial charge is 0.493 e. The molecule has 144 valence electrons. The number of thiocarbonyl (C=S) groups is 1. The van der Waals surface area contributed by atoms with Crippen LogP contribution in [0.25, 0.3) is 6.08 Å². The number of hydrogen-bond acceptors (Lipinski definition) is 6. The van der Waals surface area contributed by atoms with Crippen LogP contribution in [0.5, 0.6) is 11.5 Å². The van der Waals surface area contributed by atoms with Gasteiger partial charge in [-0.2, -0.15) is 0 Å². The van der Waals surface area contributed by atoms with Crippen molar-refractivity contribution in [3.05, 3.63) is 58.5 Å². The van der Waals surface area contributed by atoms with Gasteiger partial charge in [0.2, 0.25) is 0 Å². The van der Waals surface area contributed by atoms with Crippen molar-refractivity contribution in [3.63, 3.8) is 0 Å². The third kappa shape index (κ3) is 4.02. The summed E-state index contributed by atoms with van der Waals surface area (Å²) in [6, 6.07) is 11.4. The lowest BCUT2D eigenvalue weighted by molar-refractivity contribution is -0.113. The predicted octanol–water partition coefficient (Wildman–Crippen LogP) is 4.20. The molecular formula is C20H17NO5S2. The average molecular weight is 415 g/mol. The number of methoxy groups -OCH3 is 1. The Morgan fingerprint density at radius 3 is 2.54 bits per heavy atom. The smallest absolute Gasteiger partial charge is 0.335 e. The molecule has 1 amide bonds. The molecule has 2 aromatic rings. The molecule has 1 saturated heterocycles. The van der Waals surface area contributed by atoms with Gasteiger partial charge in [0.15, 0.2) is 15.8 Å². The molecule has 8 heteroatoms. The number of aromatic carboxylic acids is 1. The first kappa shape index (κ1) is 19.9.